The fraction of sp³-hybridized carbons (Fsp3) is 0.923. The lowest BCUT2D eigenvalue weighted by molar-refractivity contribution is -0.127. The summed E-state index contributed by atoms with van der Waals surface area (Å²) >= 11 is 0. The predicted octanol–water partition coefficient (Wildman–Crippen LogP) is 1.95. The molecule has 0 radical (unpaired) electrons. The van der Waals surface area contributed by atoms with Gasteiger partial charge in [0.2, 0.25) is 5.91 Å². The van der Waals surface area contributed by atoms with E-state index in [1.165, 1.54) is 32.1 Å². The summed E-state index contributed by atoms with van der Waals surface area (Å²) in [6, 6.07) is 0.690. The lowest BCUT2D eigenvalue weighted by atomic mass is 9.86. The number of hydrogen-bond donors (Lipinski definition) is 2. The van der Waals surface area contributed by atoms with Gasteiger partial charge in [-0.15, -0.1) is 0 Å². The molecule has 92 valence electrons. The van der Waals surface area contributed by atoms with Gasteiger partial charge >= 0.3 is 0 Å². The third-order valence-electron chi connectivity index (χ3n) is 4.00. The summed E-state index contributed by atoms with van der Waals surface area (Å²) in [6.07, 6.45) is 10.5. The highest BCUT2D eigenvalue weighted by Crippen LogP contribution is 2.24. The fourth-order valence-corrected chi connectivity index (χ4v) is 2.82. The largest absolute Gasteiger partial charge is 0.353 e. The van der Waals surface area contributed by atoms with Gasteiger partial charge in [-0.25, -0.2) is 0 Å². The molecule has 2 saturated carbocycles. The van der Waals surface area contributed by atoms with Gasteiger partial charge in [0.25, 0.3) is 0 Å². The van der Waals surface area contributed by atoms with Gasteiger partial charge in [-0.3, -0.25) is 4.79 Å². The van der Waals surface area contributed by atoms with Crippen LogP contribution in [-0.2, 0) is 4.79 Å². The Morgan fingerprint density at radius 1 is 1.00 bits per heavy atom. The van der Waals surface area contributed by atoms with Crippen molar-refractivity contribution in [3.05, 3.63) is 0 Å². The van der Waals surface area contributed by atoms with Crippen molar-refractivity contribution >= 4 is 5.91 Å². The van der Waals surface area contributed by atoms with Crippen molar-refractivity contribution in [3.8, 4) is 0 Å². The molecule has 2 rings (SSSR count). The monoisotopic (exact) mass is 224 g/mol. The van der Waals surface area contributed by atoms with Crippen molar-refractivity contribution in [1.29, 1.82) is 0 Å². The van der Waals surface area contributed by atoms with Crippen LogP contribution in [0.2, 0.25) is 0 Å². The van der Waals surface area contributed by atoms with E-state index in [9.17, 15) is 4.79 Å². The normalized spacial score (nSPS) is 32.3. The Balaban J connectivity index is 1.73. The summed E-state index contributed by atoms with van der Waals surface area (Å²) in [5.41, 5.74) is 5.72. The molecule has 2 aliphatic carbocycles. The summed E-state index contributed by atoms with van der Waals surface area (Å²) in [5, 5.41) is 3.15. The van der Waals surface area contributed by atoms with Gasteiger partial charge in [-0.1, -0.05) is 32.1 Å². The molecule has 2 fully saturated rings. The molecule has 3 N–H and O–H groups in total. The number of amides is 1. The molecular weight excluding hydrogens is 200 g/mol. The van der Waals surface area contributed by atoms with E-state index < -0.39 is 0 Å². The van der Waals surface area contributed by atoms with Crippen LogP contribution in [0.1, 0.15) is 57.8 Å². The molecule has 0 bridgehead atoms. The Morgan fingerprint density at radius 3 is 2.12 bits per heavy atom. The van der Waals surface area contributed by atoms with Gasteiger partial charge in [0.1, 0.15) is 0 Å². The Morgan fingerprint density at radius 2 is 1.56 bits per heavy atom. The van der Waals surface area contributed by atoms with Gasteiger partial charge in [0.05, 0.1) is 0 Å². The molecule has 1 amide bonds. The SMILES string of the molecule is NC1CC(NC(=O)C2CCCCCCC2)C1. The highest BCUT2D eigenvalue weighted by Gasteiger charge is 2.29. The Labute approximate surface area is 98.2 Å². The topological polar surface area (TPSA) is 55.1 Å². The molecular formula is C13H24N2O. The maximum atomic E-state index is 12.0. The van der Waals surface area contributed by atoms with Gasteiger partial charge < -0.3 is 11.1 Å². The van der Waals surface area contributed by atoms with Crippen LogP contribution in [0.5, 0.6) is 0 Å². The summed E-state index contributed by atoms with van der Waals surface area (Å²) in [6.45, 7) is 0. The second-order valence-corrected chi connectivity index (χ2v) is 5.48. The summed E-state index contributed by atoms with van der Waals surface area (Å²) in [5.74, 6) is 0.566. The second-order valence-electron chi connectivity index (χ2n) is 5.48. The van der Waals surface area contributed by atoms with Crippen LogP contribution in [0.4, 0.5) is 0 Å². The van der Waals surface area contributed by atoms with Crippen molar-refractivity contribution in [2.24, 2.45) is 11.7 Å². The zero-order valence-corrected chi connectivity index (χ0v) is 10.1. The van der Waals surface area contributed by atoms with Crippen molar-refractivity contribution < 1.29 is 4.79 Å². The molecule has 16 heavy (non-hydrogen) atoms. The summed E-state index contributed by atoms with van der Waals surface area (Å²) in [4.78, 5) is 12.0. The van der Waals surface area contributed by atoms with Gasteiger partial charge in [0, 0.05) is 18.0 Å². The van der Waals surface area contributed by atoms with Crippen LogP contribution in [0.3, 0.4) is 0 Å². The highest BCUT2D eigenvalue weighted by molar-refractivity contribution is 5.79. The average Bonchev–Trinajstić information content (AvgIpc) is 2.14. The molecule has 3 heteroatoms. The number of nitrogens with one attached hydrogen (secondary N) is 1. The Hall–Kier alpha value is -0.570. The summed E-state index contributed by atoms with van der Waals surface area (Å²) in [7, 11) is 0. The van der Waals surface area contributed by atoms with E-state index in [1.54, 1.807) is 0 Å². The van der Waals surface area contributed by atoms with Crippen LogP contribution in [0.25, 0.3) is 0 Å². The predicted molar refractivity (Wildman–Crippen MR) is 64.9 cm³/mol. The van der Waals surface area contributed by atoms with E-state index >= 15 is 0 Å². The summed E-state index contributed by atoms with van der Waals surface area (Å²) < 4.78 is 0. The first-order valence-electron chi connectivity index (χ1n) is 6.81. The van der Waals surface area contributed by atoms with Crippen LogP contribution in [0.15, 0.2) is 0 Å². The van der Waals surface area contributed by atoms with E-state index in [4.69, 9.17) is 5.73 Å². The maximum absolute atomic E-state index is 12.0. The van der Waals surface area contributed by atoms with Crippen LogP contribution < -0.4 is 11.1 Å². The number of carbonyl (C=O) groups excluding carboxylic acids is 1. The molecule has 0 heterocycles. The van der Waals surface area contributed by atoms with Crippen LogP contribution in [0, 0.1) is 5.92 Å². The van der Waals surface area contributed by atoms with E-state index in [0.717, 1.165) is 25.7 Å². The van der Waals surface area contributed by atoms with E-state index in [2.05, 4.69) is 5.32 Å². The van der Waals surface area contributed by atoms with Crippen molar-refractivity contribution in [1.82, 2.24) is 5.32 Å². The minimum absolute atomic E-state index is 0.275. The zero-order valence-electron chi connectivity index (χ0n) is 10.1. The number of nitrogens with two attached hydrogens (primary N) is 1. The lowest BCUT2D eigenvalue weighted by Gasteiger charge is -2.34. The Bertz CT molecular complexity index is 228. The molecule has 0 aliphatic heterocycles. The number of rotatable bonds is 2. The second kappa shape index (κ2) is 5.67. The molecule has 2 aliphatic rings. The quantitative estimate of drug-likeness (QED) is 0.753. The standard InChI is InChI=1S/C13H24N2O/c14-11-8-12(9-11)15-13(16)10-6-4-2-1-3-5-7-10/h10-12H,1-9,14H2,(H,15,16). The van der Waals surface area contributed by atoms with Crippen LogP contribution in [-0.4, -0.2) is 18.0 Å². The molecule has 3 nitrogen and oxygen atoms in total. The first kappa shape index (κ1) is 11.9. The lowest BCUT2D eigenvalue weighted by Crippen LogP contribution is -2.51. The van der Waals surface area contributed by atoms with Crippen molar-refractivity contribution in [3.63, 3.8) is 0 Å². The third-order valence-corrected chi connectivity index (χ3v) is 4.00. The van der Waals surface area contributed by atoms with Crippen molar-refractivity contribution in [2.45, 2.75) is 69.9 Å². The van der Waals surface area contributed by atoms with Gasteiger partial charge in [-0.05, 0) is 25.7 Å². The molecule has 0 atom stereocenters. The molecule has 0 aromatic rings. The van der Waals surface area contributed by atoms with E-state index in [0.29, 0.717) is 18.0 Å². The first-order chi connectivity index (χ1) is 7.75. The molecule has 0 unspecified atom stereocenters. The molecule has 0 saturated heterocycles. The van der Waals surface area contributed by atoms with Crippen LogP contribution >= 0.6 is 0 Å². The third kappa shape index (κ3) is 3.21. The molecule has 0 spiro atoms. The minimum atomic E-state index is 0.275. The average molecular weight is 224 g/mol. The van der Waals surface area contributed by atoms with Crippen molar-refractivity contribution in [2.75, 3.05) is 0 Å². The Kier molecular flexibility index (Phi) is 4.22. The maximum Gasteiger partial charge on any atom is 0.223 e. The van der Waals surface area contributed by atoms with Gasteiger partial charge in [-0.2, -0.15) is 0 Å². The van der Waals surface area contributed by atoms with E-state index in [-0.39, 0.29) is 5.92 Å². The number of carbonyl (C=O) groups is 1. The zero-order chi connectivity index (χ0) is 11.4. The molecule has 0 aromatic heterocycles. The van der Waals surface area contributed by atoms with Gasteiger partial charge in [0.15, 0.2) is 0 Å². The minimum Gasteiger partial charge on any atom is -0.353 e. The molecule has 0 aromatic carbocycles. The number of hydrogen-bond acceptors (Lipinski definition) is 2. The van der Waals surface area contributed by atoms with E-state index in [1.807, 2.05) is 0 Å². The smallest absolute Gasteiger partial charge is 0.223 e. The first-order valence-corrected chi connectivity index (χ1v) is 6.81. The fourth-order valence-electron chi connectivity index (χ4n) is 2.82. The highest BCUT2D eigenvalue weighted by atomic mass is 16.1.